The molecule has 1 atom stereocenters. The molecule has 0 aliphatic heterocycles. The number of benzene rings is 2. The van der Waals surface area contributed by atoms with Crippen molar-refractivity contribution in [2.45, 2.75) is 32.9 Å². The number of H-pyrrole nitrogens is 1. The van der Waals surface area contributed by atoms with Crippen LogP contribution in [0.2, 0.25) is 0 Å². The van der Waals surface area contributed by atoms with Gasteiger partial charge < -0.3 is 10.3 Å². The predicted octanol–water partition coefficient (Wildman–Crippen LogP) is 4.50. The lowest BCUT2D eigenvalue weighted by atomic mass is 9.97. The number of rotatable bonds is 7. The van der Waals surface area contributed by atoms with Crippen LogP contribution in [0.25, 0.3) is 20.7 Å². The van der Waals surface area contributed by atoms with Crippen LogP contribution in [0, 0.1) is 5.92 Å². The van der Waals surface area contributed by atoms with Crippen molar-refractivity contribution in [3.05, 3.63) is 88.5 Å². The first-order valence-corrected chi connectivity index (χ1v) is 10.9. The molecule has 5 heteroatoms. The van der Waals surface area contributed by atoms with Crippen LogP contribution in [0.4, 0.5) is 0 Å². The highest BCUT2D eigenvalue weighted by atomic mass is 32.1. The molecule has 0 fully saturated rings. The van der Waals surface area contributed by atoms with E-state index in [1.54, 1.807) is 11.3 Å². The van der Waals surface area contributed by atoms with Crippen molar-refractivity contribution in [3.8, 4) is 10.4 Å². The van der Waals surface area contributed by atoms with Crippen LogP contribution in [0.15, 0.2) is 71.5 Å². The summed E-state index contributed by atoms with van der Waals surface area (Å²) in [5.74, 6) is 1.32. The van der Waals surface area contributed by atoms with Crippen molar-refractivity contribution in [1.82, 2.24) is 9.97 Å². The molecular formula is C24H26N3OS+. The van der Waals surface area contributed by atoms with Crippen molar-refractivity contribution < 1.29 is 5.32 Å². The van der Waals surface area contributed by atoms with Crippen LogP contribution in [-0.4, -0.2) is 9.97 Å². The Morgan fingerprint density at radius 2 is 1.72 bits per heavy atom. The second-order valence-corrected chi connectivity index (χ2v) is 8.83. The molecule has 4 aromatic rings. The lowest BCUT2D eigenvalue weighted by Crippen LogP contribution is -2.84. The number of aromatic amines is 1. The minimum Gasteiger partial charge on any atom is -0.334 e. The average molecular weight is 405 g/mol. The molecule has 0 amide bonds. The van der Waals surface area contributed by atoms with E-state index in [1.165, 1.54) is 5.56 Å². The molecule has 2 aromatic carbocycles. The van der Waals surface area contributed by atoms with Gasteiger partial charge in [-0.15, -0.1) is 11.3 Å². The molecule has 3 N–H and O–H groups in total. The minimum absolute atomic E-state index is 0.0584. The van der Waals surface area contributed by atoms with Gasteiger partial charge in [-0.3, -0.25) is 4.79 Å². The van der Waals surface area contributed by atoms with Gasteiger partial charge >= 0.3 is 0 Å². The number of fused-ring (bicyclic) bond motifs is 1. The van der Waals surface area contributed by atoms with Gasteiger partial charge in [0.2, 0.25) is 0 Å². The van der Waals surface area contributed by atoms with Gasteiger partial charge in [0, 0.05) is 16.9 Å². The minimum atomic E-state index is -0.0584. The Morgan fingerprint density at radius 1 is 1.03 bits per heavy atom. The molecule has 0 unspecified atom stereocenters. The Labute approximate surface area is 174 Å². The van der Waals surface area contributed by atoms with Crippen LogP contribution in [0.5, 0.6) is 0 Å². The number of nitrogens with zero attached hydrogens (tertiary/aromatic N) is 1. The molecule has 148 valence electrons. The van der Waals surface area contributed by atoms with Crippen LogP contribution < -0.4 is 10.9 Å². The molecular weight excluding hydrogens is 378 g/mol. The maximum absolute atomic E-state index is 12.6. The number of aromatic nitrogens is 2. The number of hydrogen-bond donors (Lipinski definition) is 2. The molecule has 0 saturated heterocycles. The summed E-state index contributed by atoms with van der Waals surface area (Å²) < 4.78 is 0. The summed E-state index contributed by atoms with van der Waals surface area (Å²) in [5.41, 5.74) is 2.37. The molecule has 0 saturated carbocycles. The fourth-order valence-electron chi connectivity index (χ4n) is 3.65. The Balaban J connectivity index is 1.58. The van der Waals surface area contributed by atoms with Gasteiger partial charge in [-0.2, -0.15) is 0 Å². The molecule has 0 aliphatic rings. The summed E-state index contributed by atoms with van der Waals surface area (Å²) in [5, 5.41) is 2.95. The zero-order chi connectivity index (χ0) is 20.2. The van der Waals surface area contributed by atoms with Crippen LogP contribution in [0.3, 0.4) is 0 Å². The highest BCUT2D eigenvalue weighted by Gasteiger charge is 2.18. The molecule has 0 aliphatic carbocycles. The summed E-state index contributed by atoms with van der Waals surface area (Å²) in [6.07, 6.45) is 1.08. The largest absolute Gasteiger partial charge is 0.334 e. The molecule has 29 heavy (non-hydrogen) atoms. The van der Waals surface area contributed by atoms with E-state index in [0.29, 0.717) is 23.9 Å². The van der Waals surface area contributed by atoms with Crippen molar-refractivity contribution in [2.24, 2.45) is 5.92 Å². The van der Waals surface area contributed by atoms with Crippen molar-refractivity contribution >= 4 is 21.6 Å². The van der Waals surface area contributed by atoms with Crippen molar-refractivity contribution in [3.63, 3.8) is 0 Å². The summed E-state index contributed by atoms with van der Waals surface area (Å²) >= 11 is 1.57. The van der Waals surface area contributed by atoms with Gasteiger partial charge in [-0.25, -0.2) is 4.98 Å². The smallest absolute Gasteiger partial charge is 0.259 e. The molecule has 0 bridgehead atoms. The third kappa shape index (κ3) is 4.63. The predicted molar refractivity (Wildman–Crippen MR) is 120 cm³/mol. The molecule has 0 radical (unpaired) electrons. The first-order chi connectivity index (χ1) is 14.1. The lowest BCUT2D eigenvalue weighted by Gasteiger charge is -2.17. The second-order valence-electron chi connectivity index (χ2n) is 7.79. The Bertz CT molecular complexity index is 1130. The van der Waals surface area contributed by atoms with Crippen molar-refractivity contribution in [2.75, 3.05) is 0 Å². The van der Waals surface area contributed by atoms with E-state index in [2.05, 4.69) is 60.5 Å². The maximum Gasteiger partial charge on any atom is 0.259 e. The fraction of sp³-hybridized carbons (Fsp3) is 0.250. The summed E-state index contributed by atoms with van der Waals surface area (Å²) in [6.45, 7) is 5.13. The number of nitrogens with two attached hydrogens (primary N) is 1. The highest BCUT2D eigenvalue weighted by Crippen LogP contribution is 2.30. The van der Waals surface area contributed by atoms with Crippen LogP contribution in [0.1, 0.15) is 37.7 Å². The third-order valence-electron chi connectivity index (χ3n) is 5.06. The normalized spacial score (nSPS) is 12.5. The van der Waals surface area contributed by atoms with E-state index in [1.807, 2.05) is 30.3 Å². The Hall–Kier alpha value is -2.76. The SMILES string of the molecule is CC(C)C[C@@H]([NH2+]Cc1nc2sc(-c3ccccc3)cc2c(=O)[nH]1)c1ccccc1. The van der Waals surface area contributed by atoms with E-state index in [9.17, 15) is 4.79 Å². The Kier molecular flexibility index (Phi) is 5.88. The summed E-state index contributed by atoms with van der Waals surface area (Å²) in [7, 11) is 0. The lowest BCUT2D eigenvalue weighted by molar-refractivity contribution is -0.713. The van der Waals surface area contributed by atoms with E-state index >= 15 is 0 Å². The zero-order valence-corrected chi connectivity index (χ0v) is 17.6. The fourth-order valence-corrected chi connectivity index (χ4v) is 4.70. The van der Waals surface area contributed by atoms with E-state index in [0.717, 1.165) is 27.5 Å². The topological polar surface area (TPSA) is 62.4 Å². The van der Waals surface area contributed by atoms with Crippen LogP contribution in [-0.2, 0) is 6.54 Å². The quantitative estimate of drug-likeness (QED) is 0.476. The third-order valence-corrected chi connectivity index (χ3v) is 6.14. The van der Waals surface area contributed by atoms with E-state index in [-0.39, 0.29) is 5.56 Å². The first-order valence-electron chi connectivity index (χ1n) is 10.1. The van der Waals surface area contributed by atoms with E-state index < -0.39 is 0 Å². The standard InChI is InChI=1S/C24H25N3OS/c1-16(2)13-20(17-9-5-3-6-10-17)25-15-22-26-23(28)19-14-21(29-24(19)27-22)18-11-7-4-8-12-18/h3-12,14,16,20,25H,13,15H2,1-2H3,(H,26,27,28)/p+1/t20-/m1/s1. The molecule has 0 spiro atoms. The molecule has 2 heterocycles. The van der Waals surface area contributed by atoms with Crippen molar-refractivity contribution in [1.29, 1.82) is 0 Å². The molecule has 2 aromatic heterocycles. The first kappa shape index (κ1) is 19.6. The zero-order valence-electron chi connectivity index (χ0n) is 16.8. The highest BCUT2D eigenvalue weighted by molar-refractivity contribution is 7.21. The molecule has 4 nitrogen and oxygen atoms in total. The van der Waals surface area contributed by atoms with Gasteiger partial charge in [0.05, 0.1) is 5.39 Å². The maximum atomic E-state index is 12.6. The Morgan fingerprint density at radius 3 is 2.41 bits per heavy atom. The second kappa shape index (κ2) is 8.72. The number of nitrogens with one attached hydrogen (secondary N) is 1. The van der Waals surface area contributed by atoms with Gasteiger partial charge in [0.25, 0.3) is 5.56 Å². The number of quaternary nitrogens is 1. The molecule has 4 rings (SSSR count). The van der Waals surface area contributed by atoms with Gasteiger partial charge in [0.15, 0.2) is 5.82 Å². The van der Waals surface area contributed by atoms with E-state index in [4.69, 9.17) is 4.98 Å². The van der Waals surface area contributed by atoms with Gasteiger partial charge in [-0.05, 0) is 17.5 Å². The monoisotopic (exact) mass is 404 g/mol. The summed E-state index contributed by atoms with van der Waals surface area (Å²) in [4.78, 5) is 22.2. The van der Waals surface area contributed by atoms with Crippen LogP contribution >= 0.6 is 11.3 Å². The van der Waals surface area contributed by atoms with Gasteiger partial charge in [0.1, 0.15) is 17.4 Å². The van der Waals surface area contributed by atoms with Gasteiger partial charge in [-0.1, -0.05) is 74.5 Å². The number of hydrogen-bond acceptors (Lipinski definition) is 3. The number of thiophene rings is 1. The summed E-state index contributed by atoms with van der Waals surface area (Å²) in [6, 6.07) is 23.0. The average Bonchev–Trinajstić information content (AvgIpc) is 3.17.